The normalized spacial score (nSPS) is 17.5. The van der Waals surface area contributed by atoms with Gasteiger partial charge in [0.25, 0.3) is 0 Å². The maximum absolute atomic E-state index is 13.2. The molecule has 1 aliphatic carbocycles. The topological polar surface area (TPSA) is 80.6 Å². The Labute approximate surface area is 215 Å². The van der Waals surface area contributed by atoms with E-state index in [-0.39, 0.29) is 17.2 Å². The molecule has 37 heavy (non-hydrogen) atoms. The minimum absolute atomic E-state index is 0.0166. The van der Waals surface area contributed by atoms with Crippen molar-refractivity contribution in [2.45, 2.75) is 43.6 Å². The fourth-order valence-corrected chi connectivity index (χ4v) is 6.14. The SMILES string of the molecule is N#Cc1c(-c2ccc(Oc3ccccc3)cc2)sc(C2CCC3(CC2)OCCO3)c1NC(=O)C(F)(F)F. The van der Waals surface area contributed by atoms with Crippen molar-refractivity contribution in [1.29, 1.82) is 5.26 Å². The Hall–Kier alpha value is -3.39. The molecule has 1 aromatic heterocycles. The summed E-state index contributed by atoms with van der Waals surface area (Å²) in [7, 11) is 0. The van der Waals surface area contributed by atoms with E-state index < -0.39 is 17.9 Å². The van der Waals surface area contributed by atoms with Crippen molar-refractivity contribution in [2.24, 2.45) is 0 Å². The molecule has 192 valence electrons. The minimum Gasteiger partial charge on any atom is -0.457 e. The number of nitriles is 1. The zero-order valence-electron chi connectivity index (χ0n) is 19.6. The van der Waals surface area contributed by atoms with Crippen molar-refractivity contribution >= 4 is 22.9 Å². The van der Waals surface area contributed by atoms with Gasteiger partial charge < -0.3 is 19.5 Å². The highest BCUT2D eigenvalue weighted by atomic mass is 32.1. The Balaban J connectivity index is 1.47. The summed E-state index contributed by atoms with van der Waals surface area (Å²) < 4.78 is 56.8. The molecule has 2 fully saturated rings. The number of nitrogens with zero attached hydrogens (tertiary/aromatic N) is 1. The lowest BCUT2D eigenvalue weighted by molar-refractivity contribution is -0.178. The highest BCUT2D eigenvalue weighted by molar-refractivity contribution is 7.16. The third kappa shape index (κ3) is 5.34. The molecule has 1 saturated heterocycles. The Morgan fingerprint density at radius 1 is 1.03 bits per heavy atom. The smallest absolute Gasteiger partial charge is 0.457 e. The molecule has 1 amide bonds. The second kappa shape index (κ2) is 10.2. The summed E-state index contributed by atoms with van der Waals surface area (Å²) in [4.78, 5) is 13.0. The summed E-state index contributed by atoms with van der Waals surface area (Å²) in [6.07, 6.45) is -2.70. The molecule has 0 unspecified atom stereocenters. The number of thiophene rings is 1. The molecular weight excluding hydrogens is 505 g/mol. The second-order valence-electron chi connectivity index (χ2n) is 8.93. The molecule has 1 spiro atoms. The van der Waals surface area contributed by atoms with E-state index in [2.05, 4.69) is 0 Å². The van der Waals surface area contributed by atoms with E-state index in [0.717, 1.165) is 0 Å². The van der Waals surface area contributed by atoms with E-state index in [4.69, 9.17) is 14.2 Å². The molecular formula is C27H23F3N2O4S. The zero-order chi connectivity index (χ0) is 26.0. The lowest BCUT2D eigenvalue weighted by Crippen LogP contribution is -2.35. The van der Waals surface area contributed by atoms with Crippen LogP contribution in [0.4, 0.5) is 18.9 Å². The van der Waals surface area contributed by atoms with Crippen molar-refractivity contribution in [2.75, 3.05) is 18.5 Å². The van der Waals surface area contributed by atoms with E-state index in [0.29, 0.717) is 65.7 Å². The molecule has 2 aliphatic rings. The first-order chi connectivity index (χ1) is 17.8. The van der Waals surface area contributed by atoms with Crippen LogP contribution in [0, 0.1) is 11.3 Å². The van der Waals surface area contributed by atoms with E-state index in [1.54, 1.807) is 24.3 Å². The molecule has 0 atom stereocenters. The van der Waals surface area contributed by atoms with Gasteiger partial charge in [0, 0.05) is 17.7 Å². The van der Waals surface area contributed by atoms with E-state index >= 15 is 0 Å². The number of anilines is 1. The van der Waals surface area contributed by atoms with Gasteiger partial charge in [-0.05, 0) is 60.7 Å². The number of halogens is 3. The number of carbonyl (C=O) groups is 1. The average molecular weight is 529 g/mol. The number of amides is 1. The molecule has 0 bridgehead atoms. The van der Waals surface area contributed by atoms with Crippen LogP contribution in [-0.2, 0) is 14.3 Å². The summed E-state index contributed by atoms with van der Waals surface area (Å²) in [6, 6.07) is 18.2. The van der Waals surface area contributed by atoms with Gasteiger partial charge in [-0.3, -0.25) is 4.79 Å². The number of carbonyl (C=O) groups excluding carboxylic acids is 1. The number of rotatable bonds is 5. The van der Waals surface area contributed by atoms with Gasteiger partial charge in [-0.15, -0.1) is 11.3 Å². The standard InChI is InChI=1S/C27H23F3N2O4S/c28-27(29,30)25(33)32-22-21(16-31)23(17-6-8-20(9-7-17)36-19-4-2-1-3-5-19)37-24(22)18-10-12-26(13-11-18)34-14-15-35-26/h1-9,18H,10-15H2,(H,32,33). The molecule has 2 heterocycles. The molecule has 3 aromatic rings. The molecule has 1 saturated carbocycles. The van der Waals surface area contributed by atoms with Gasteiger partial charge >= 0.3 is 12.1 Å². The first kappa shape index (κ1) is 25.3. The van der Waals surface area contributed by atoms with Gasteiger partial charge in [0.1, 0.15) is 17.6 Å². The highest BCUT2D eigenvalue weighted by Crippen LogP contribution is 2.50. The van der Waals surface area contributed by atoms with Gasteiger partial charge in [0.15, 0.2) is 5.79 Å². The Bertz CT molecular complexity index is 1300. The number of nitrogens with one attached hydrogen (secondary N) is 1. The summed E-state index contributed by atoms with van der Waals surface area (Å²) in [5.41, 5.74) is 0.595. The highest BCUT2D eigenvalue weighted by Gasteiger charge is 2.43. The molecule has 1 N–H and O–H groups in total. The van der Waals surface area contributed by atoms with Crippen LogP contribution in [0.15, 0.2) is 54.6 Å². The first-order valence-electron chi connectivity index (χ1n) is 11.8. The largest absolute Gasteiger partial charge is 0.471 e. The fourth-order valence-electron chi connectivity index (χ4n) is 4.76. The fraction of sp³-hybridized carbons (Fsp3) is 0.333. The predicted molar refractivity (Wildman–Crippen MR) is 132 cm³/mol. The predicted octanol–water partition coefficient (Wildman–Crippen LogP) is 6.98. The van der Waals surface area contributed by atoms with Crippen LogP contribution in [0.25, 0.3) is 10.4 Å². The molecule has 6 nitrogen and oxygen atoms in total. The van der Waals surface area contributed by atoms with Crippen LogP contribution >= 0.6 is 11.3 Å². The number of hydrogen-bond acceptors (Lipinski definition) is 6. The number of alkyl halides is 3. The maximum atomic E-state index is 13.2. The lowest BCUT2D eigenvalue weighted by Gasteiger charge is -2.35. The summed E-state index contributed by atoms with van der Waals surface area (Å²) >= 11 is 1.24. The van der Waals surface area contributed by atoms with Gasteiger partial charge in [-0.25, -0.2) is 0 Å². The third-order valence-electron chi connectivity index (χ3n) is 6.57. The van der Waals surface area contributed by atoms with Crippen LogP contribution in [0.2, 0.25) is 0 Å². The molecule has 2 aromatic carbocycles. The molecule has 5 rings (SSSR count). The van der Waals surface area contributed by atoms with Crippen molar-refractivity contribution in [1.82, 2.24) is 0 Å². The zero-order valence-corrected chi connectivity index (χ0v) is 20.5. The number of hydrogen-bond donors (Lipinski definition) is 1. The Kier molecular flexibility index (Phi) is 6.94. The van der Waals surface area contributed by atoms with Crippen molar-refractivity contribution in [3.05, 3.63) is 65.0 Å². The van der Waals surface area contributed by atoms with E-state index in [1.807, 2.05) is 41.7 Å². The number of benzene rings is 2. The minimum atomic E-state index is -5.08. The Morgan fingerprint density at radius 2 is 1.65 bits per heavy atom. The van der Waals surface area contributed by atoms with E-state index in [1.165, 1.54) is 11.3 Å². The van der Waals surface area contributed by atoms with Gasteiger partial charge in [-0.2, -0.15) is 18.4 Å². The summed E-state index contributed by atoms with van der Waals surface area (Å²) in [5.74, 6) is -1.65. The maximum Gasteiger partial charge on any atom is 0.471 e. The van der Waals surface area contributed by atoms with Crippen LogP contribution in [0.3, 0.4) is 0 Å². The van der Waals surface area contributed by atoms with Crippen LogP contribution in [0.5, 0.6) is 11.5 Å². The lowest BCUT2D eigenvalue weighted by atomic mass is 9.83. The summed E-state index contributed by atoms with van der Waals surface area (Å²) in [6.45, 7) is 1.03. The molecule has 1 aliphatic heterocycles. The number of para-hydroxylation sites is 1. The van der Waals surface area contributed by atoms with E-state index in [9.17, 15) is 23.2 Å². The van der Waals surface area contributed by atoms with Crippen LogP contribution in [-0.4, -0.2) is 31.1 Å². The third-order valence-corrected chi connectivity index (χ3v) is 7.97. The number of ether oxygens (including phenoxy) is 3. The molecule has 0 radical (unpaired) electrons. The van der Waals surface area contributed by atoms with Crippen LogP contribution < -0.4 is 10.1 Å². The van der Waals surface area contributed by atoms with Crippen molar-refractivity contribution < 1.29 is 32.2 Å². The van der Waals surface area contributed by atoms with Crippen molar-refractivity contribution in [3.63, 3.8) is 0 Å². The van der Waals surface area contributed by atoms with Gasteiger partial charge in [0.2, 0.25) is 0 Å². The van der Waals surface area contributed by atoms with Gasteiger partial charge in [0.05, 0.1) is 29.3 Å². The van der Waals surface area contributed by atoms with Crippen molar-refractivity contribution in [3.8, 4) is 28.0 Å². The molecule has 10 heteroatoms. The average Bonchev–Trinajstić information content (AvgIpc) is 3.50. The second-order valence-corrected chi connectivity index (χ2v) is 9.98. The Morgan fingerprint density at radius 3 is 2.24 bits per heavy atom. The first-order valence-corrected chi connectivity index (χ1v) is 12.7. The monoisotopic (exact) mass is 528 g/mol. The summed E-state index contributed by atoms with van der Waals surface area (Å²) in [5, 5.41) is 12.0. The van der Waals surface area contributed by atoms with Crippen LogP contribution in [0.1, 0.15) is 42.0 Å². The van der Waals surface area contributed by atoms with Gasteiger partial charge in [-0.1, -0.05) is 18.2 Å². The quantitative estimate of drug-likeness (QED) is 0.386.